The molecule has 2 rings (SSSR count). The van der Waals surface area contributed by atoms with E-state index in [1.165, 1.54) is 19.0 Å². The Balaban J connectivity index is 2.06. The lowest BCUT2D eigenvalue weighted by atomic mass is 9.87. The molecule has 0 radical (unpaired) electrons. The molecule has 17 heavy (non-hydrogen) atoms. The lowest BCUT2D eigenvalue weighted by Gasteiger charge is -2.28. The van der Waals surface area contributed by atoms with Gasteiger partial charge in [0.2, 0.25) is 0 Å². The van der Waals surface area contributed by atoms with Crippen molar-refractivity contribution in [3.8, 4) is 0 Å². The number of hydrogen-bond acceptors (Lipinski definition) is 3. The van der Waals surface area contributed by atoms with Crippen molar-refractivity contribution in [3.63, 3.8) is 0 Å². The highest BCUT2D eigenvalue weighted by atomic mass is 16.4. The molecule has 1 fully saturated rings. The number of hydrogen-bond donors (Lipinski definition) is 2. The van der Waals surface area contributed by atoms with Crippen molar-refractivity contribution in [1.82, 2.24) is 4.98 Å². The molecule has 0 bridgehead atoms. The summed E-state index contributed by atoms with van der Waals surface area (Å²) in [5.41, 5.74) is 0.508. The molecule has 1 aliphatic carbocycles. The highest BCUT2D eigenvalue weighted by Crippen LogP contribution is 2.38. The monoisotopic (exact) mass is 234 g/mol. The number of aromatic nitrogens is 1. The third kappa shape index (κ3) is 2.57. The smallest absolute Gasteiger partial charge is 0.337 e. The number of carbonyl (C=O) groups is 1. The lowest BCUT2D eigenvalue weighted by Crippen LogP contribution is -2.31. The molecular weight excluding hydrogens is 216 g/mol. The van der Waals surface area contributed by atoms with Crippen LogP contribution in [0.3, 0.4) is 0 Å². The number of aromatic carboxylic acids is 1. The average molecular weight is 234 g/mol. The quantitative estimate of drug-likeness (QED) is 0.844. The number of nitrogens with zero attached hydrogens (tertiary/aromatic N) is 1. The predicted molar refractivity (Wildman–Crippen MR) is 66.2 cm³/mol. The summed E-state index contributed by atoms with van der Waals surface area (Å²) in [5, 5.41) is 12.2. The topological polar surface area (TPSA) is 62.2 Å². The first-order valence-electron chi connectivity index (χ1n) is 5.95. The van der Waals surface area contributed by atoms with Gasteiger partial charge in [-0.05, 0) is 30.4 Å². The zero-order valence-electron chi connectivity index (χ0n) is 10.2. The first-order valence-corrected chi connectivity index (χ1v) is 5.95. The minimum absolute atomic E-state index is 0.223. The van der Waals surface area contributed by atoms with Gasteiger partial charge in [0.15, 0.2) is 0 Å². The van der Waals surface area contributed by atoms with Crippen molar-refractivity contribution in [1.29, 1.82) is 0 Å². The summed E-state index contributed by atoms with van der Waals surface area (Å²) in [6.07, 6.45) is 5.00. The molecule has 4 nitrogen and oxygen atoms in total. The SMILES string of the molecule is CC1(C)CCCC1Nc1ccc(C(=O)O)cn1. The predicted octanol–water partition coefficient (Wildman–Crippen LogP) is 2.77. The number of carboxylic acid groups (broad SMARTS) is 1. The second kappa shape index (κ2) is 4.35. The van der Waals surface area contributed by atoms with Crippen molar-refractivity contribution < 1.29 is 9.90 Å². The molecule has 1 aromatic heterocycles. The van der Waals surface area contributed by atoms with Crippen molar-refractivity contribution in [2.45, 2.75) is 39.2 Å². The van der Waals surface area contributed by atoms with Crippen molar-refractivity contribution >= 4 is 11.8 Å². The molecule has 1 unspecified atom stereocenters. The van der Waals surface area contributed by atoms with Gasteiger partial charge >= 0.3 is 5.97 Å². The minimum Gasteiger partial charge on any atom is -0.478 e. The van der Waals surface area contributed by atoms with Gasteiger partial charge in [-0.1, -0.05) is 20.3 Å². The van der Waals surface area contributed by atoms with Crippen LogP contribution in [-0.4, -0.2) is 22.1 Å². The van der Waals surface area contributed by atoms with E-state index in [1.807, 2.05) is 0 Å². The molecule has 92 valence electrons. The van der Waals surface area contributed by atoms with Crippen LogP contribution in [0.25, 0.3) is 0 Å². The van der Waals surface area contributed by atoms with Crippen LogP contribution in [0.15, 0.2) is 18.3 Å². The molecule has 1 aromatic rings. The van der Waals surface area contributed by atoms with Crippen LogP contribution in [0.2, 0.25) is 0 Å². The Morgan fingerprint density at radius 1 is 1.53 bits per heavy atom. The van der Waals surface area contributed by atoms with Crippen molar-refractivity contribution in [2.24, 2.45) is 5.41 Å². The van der Waals surface area contributed by atoms with E-state index in [9.17, 15) is 4.79 Å². The summed E-state index contributed by atoms with van der Waals surface area (Å²) < 4.78 is 0. The summed E-state index contributed by atoms with van der Waals surface area (Å²) in [6.45, 7) is 4.51. The van der Waals surface area contributed by atoms with Gasteiger partial charge in [0.1, 0.15) is 5.82 Å². The molecular formula is C13H18N2O2. The van der Waals surface area contributed by atoms with E-state index in [4.69, 9.17) is 5.11 Å². The Morgan fingerprint density at radius 3 is 2.76 bits per heavy atom. The summed E-state index contributed by atoms with van der Waals surface area (Å²) in [4.78, 5) is 14.8. The third-order valence-electron chi connectivity index (χ3n) is 3.59. The molecule has 1 aliphatic rings. The fourth-order valence-electron chi connectivity index (χ4n) is 2.38. The normalized spacial score (nSPS) is 22.4. The van der Waals surface area contributed by atoms with Crippen LogP contribution < -0.4 is 5.32 Å². The van der Waals surface area contributed by atoms with E-state index in [1.54, 1.807) is 12.1 Å². The Bertz CT molecular complexity index is 412. The minimum atomic E-state index is -0.940. The van der Waals surface area contributed by atoms with E-state index in [2.05, 4.69) is 24.1 Å². The summed E-state index contributed by atoms with van der Waals surface area (Å²) in [6, 6.07) is 3.74. The van der Waals surface area contributed by atoms with E-state index in [-0.39, 0.29) is 11.0 Å². The number of carboxylic acids is 1. The number of nitrogens with one attached hydrogen (secondary N) is 1. The highest BCUT2D eigenvalue weighted by molar-refractivity contribution is 5.87. The Morgan fingerprint density at radius 2 is 2.29 bits per heavy atom. The first kappa shape index (κ1) is 11.9. The molecule has 1 heterocycles. The van der Waals surface area contributed by atoms with Gasteiger partial charge in [0.25, 0.3) is 0 Å². The molecule has 1 atom stereocenters. The van der Waals surface area contributed by atoms with Crippen LogP contribution in [-0.2, 0) is 0 Å². The molecule has 2 N–H and O–H groups in total. The Kier molecular flexibility index (Phi) is 3.05. The molecule has 0 saturated heterocycles. The maximum absolute atomic E-state index is 10.7. The molecule has 0 spiro atoms. The maximum Gasteiger partial charge on any atom is 0.337 e. The van der Waals surface area contributed by atoms with Gasteiger partial charge in [0.05, 0.1) is 5.56 Å². The van der Waals surface area contributed by atoms with Crippen molar-refractivity contribution in [2.75, 3.05) is 5.32 Å². The second-order valence-electron chi connectivity index (χ2n) is 5.32. The fraction of sp³-hybridized carbons (Fsp3) is 0.538. The van der Waals surface area contributed by atoms with Gasteiger partial charge in [-0.2, -0.15) is 0 Å². The maximum atomic E-state index is 10.7. The molecule has 0 aliphatic heterocycles. The van der Waals surface area contributed by atoms with Crippen LogP contribution >= 0.6 is 0 Å². The number of anilines is 1. The van der Waals surface area contributed by atoms with Crippen LogP contribution in [0, 0.1) is 5.41 Å². The van der Waals surface area contributed by atoms with Crippen molar-refractivity contribution in [3.05, 3.63) is 23.9 Å². The van der Waals surface area contributed by atoms with Crippen LogP contribution in [0.5, 0.6) is 0 Å². The summed E-state index contributed by atoms with van der Waals surface area (Å²) >= 11 is 0. The summed E-state index contributed by atoms with van der Waals surface area (Å²) in [7, 11) is 0. The molecule has 0 aromatic carbocycles. The van der Waals surface area contributed by atoms with E-state index < -0.39 is 5.97 Å². The van der Waals surface area contributed by atoms with Gasteiger partial charge < -0.3 is 10.4 Å². The lowest BCUT2D eigenvalue weighted by molar-refractivity contribution is 0.0696. The zero-order chi connectivity index (χ0) is 12.5. The fourth-order valence-corrected chi connectivity index (χ4v) is 2.38. The summed E-state index contributed by atoms with van der Waals surface area (Å²) in [5.74, 6) is -0.180. The van der Waals surface area contributed by atoms with Gasteiger partial charge in [-0.3, -0.25) is 0 Å². The first-order chi connectivity index (χ1) is 7.99. The Hall–Kier alpha value is -1.58. The molecule has 4 heteroatoms. The Labute approximate surface area is 101 Å². The number of rotatable bonds is 3. The van der Waals surface area contributed by atoms with E-state index in [0.29, 0.717) is 6.04 Å². The second-order valence-corrected chi connectivity index (χ2v) is 5.32. The van der Waals surface area contributed by atoms with Gasteiger partial charge in [-0.15, -0.1) is 0 Å². The van der Waals surface area contributed by atoms with Gasteiger partial charge in [0, 0.05) is 12.2 Å². The molecule has 0 amide bonds. The third-order valence-corrected chi connectivity index (χ3v) is 3.59. The number of pyridine rings is 1. The largest absolute Gasteiger partial charge is 0.478 e. The zero-order valence-corrected chi connectivity index (χ0v) is 10.2. The van der Waals surface area contributed by atoms with E-state index >= 15 is 0 Å². The highest BCUT2D eigenvalue weighted by Gasteiger charge is 2.34. The van der Waals surface area contributed by atoms with E-state index in [0.717, 1.165) is 12.2 Å². The van der Waals surface area contributed by atoms with Crippen LogP contribution in [0.1, 0.15) is 43.5 Å². The molecule has 1 saturated carbocycles. The van der Waals surface area contributed by atoms with Gasteiger partial charge in [-0.25, -0.2) is 9.78 Å². The van der Waals surface area contributed by atoms with Crippen LogP contribution in [0.4, 0.5) is 5.82 Å². The average Bonchev–Trinajstić information content (AvgIpc) is 2.59. The standard InChI is InChI=1S/C13H18N2O2/c1-13(2)7-3-4-10(13)15-11-6-5-9(8-14-11)12(16)17/h5-6,8,10H,3-4,7H2,1-2H3,(H,14,15)(H,16,17).